The second-order valence-electron chi connectivity index (χ2n) is 1.83. The fourth-order valence-corrected chi connectivity index (χ4v) is 2.36. The van der Waals surface area contributed by atoms with Crippen molar-refractivity contribution >= 4 is 58.3 Å². The average molecular weight is 277 g/mol. The van der Waals surface area contributed by atoms with Crippen molar-refractivity contribution in [1.29, 1.82) is 0 Å². The van der Waals surface area contributed by atoms with E-state index in [9.17, 15) is 0 Å². The van der Waals surface area contributed by atoms with Gasteiger partial charge in [-0.15, -0.1) is 0 Å². The van der Waals surface area contributed by atoms with Crippen LogP contribution in [0, 0.1) is 0 Å². The minimum atomic E-state index is 0.338. The van der Waals surface area contributed by atoms with Crippen molar-refractivity contribution in [1.82, 2.24) is 10.6 Å². The second-order valence-corrected chi connectivity index (χ2v) is 6.22. The Bertz CT molecular complexity index is 162. The molecule has 0 saturated carbocycles. The van der Waals surface area contributed by atoms with Crippen LogP contribution in [-0.2, 0) is 18.3 Å². The third kappa shape index (κ3) is 9.01. The molecule has 0 aliphatic heterocycles. The van der Waals surface area contributed by atoms with Gasteiger partial charge in [0.2, 0.25) is 0 Å². The fraction of sp³-hybridized carbons (Fsp3) is 0.500. The van der Waals surface area contributed by atoms with Gasteiger partial charge in [0.05, 0.1) is 0 Å². The number of hydrogen-bond acceptors (Lipinski definition) is 2. The molecule has 0 saturated heterocycles. The Morgan fingerprint density at radius 1 is 1.36 bits per heavy atom. The molecule has 0 bridgehead atoms. The molecule has 0 aliphatic carbocycles. The molecule has 0 heterocycles. The van der Waals surface area contributed by atoms with E-state index in [1.807, 2.05) is 0 Å². The van der Waals surface area contributed by atoms with Crippen LogP contribution in [0.4, 0.5) is 0 Å². The molecular weight excluding hydrogens is 270 g/mol. The maximum absolute atomic E-state index is 4.75. The van der Waals surface area contributed by atoms with Crippen molar-refractivity contribution in [3.63, 3.8) is 0 Å². The van der Waals surface area contributed by atoms with E-state index in [1.165, 1.54) is 0 Å². The molecule has 59 valence electrons. The summed E-state index contributed by atoms with van der Waals surface area (Å²) in [7, 11) is 0. The van der Waals surface area contributed by atoms with Crippen LogP contribution in [0.25, 0.3) is 0 Å². The third-order valence-corrected chi connectivity index (χ3v) is 2.41. The van der Waals surface area contributed by atoms with Gasteiger partial charge in [-0.25, -0.2) is 0 Å². The summed E-state index contributed by atoms with van der Waals surface area (Å²) in [4.78, 5) is 0. The van der Waals surface area contributed by atoms with Gasteiger partial charge in [-0.2, -0.15) is 0 Å². The molecule has 0 aliphatic rings. The predicted octanol–water partition coefficient (Wildman–Crippen LogP) is 0.468. The number of thiocarbonyl (C=S) groups is 2. The summed E-state index contributed by atoms with van der Waals surface area (Å²) < 4.78 is 1.37. The van der Waals surface area contributed by atoms with Gasteiger partial charge < -0.3 is 0 Å². The Morgan fingerprint density at radius 3 is 2.27 bits per heavy atom. The van der Waals surface area contributed by atoms with Gasteiger partial charge in [-0.05, 0) is 0 Å². The van der Waals surface area contributed by atoms with Gasteiger partial charge in [0.15, 0.2) is 0 Å². The standard InChI is InChI=1S/C4H7N2S4.Zn/c7-3(8)5-1-2-6-4(9)10;/h1H,2H2,(H2,5,7,8)(H2,6,9,10);. The zero-order valence-corrected chi connectivity index (χ0v) is 12.1. The topological polar surface area (TPSA) is 24.1 Å². The summed E-state index contributed by atoms with van der Waals surface area (Å²) in [6.07, 6.45) is 0. The van der Waals surface area contributed by atoms with Gasteiger partial charge in [0.1, 0.15) is 0 Å². The van der Waals surface area contributed by atoms with Gasteiger partial charge in [0.25, 0.3) is 0 Å². The molecule has 0 aromatic carbocycles. The van der Waals surface area contributed by atoms with Crippen molar-refractivity contribution in [3.8, 4) is 0 Å². The molecule has 0 radical (unpaired) electrons. The molecule has 0 amide bonds. The average Bonchev–Trinajstić information content (AvgIpc) is 1.82. The molecular formula is C4H7N2S4Zn. The van der Waals surface area contributed by atoms with E-state index in [0.717, 1.165) is 24.8 Å². The number of nitrogens with one attached hydrogen (secondary N) is 2. The van der Waals surface area contributed by atoms with Gasteiger partial charge in [-0.3, -0.25) is 0 Å². The SMILES string of the molecule is S=C(S)NC[CH]([Zn])NC(=S)S. The van der Waals surface area contributed by atoms with E-state index >= 15 is 0 Å². The summed E-state index contributed by atoms with van der Waals surface area (Å²) >= 11 is 18.4. The molecule has 0 spiro atoms. The Morgan fingerprint density at radius 2 is 1.91 bits per heavy atom. The zero-order chi connectivity index (χ0) is 8.85. The molecule has 1 unspecified atom stereocenters. The first-order valence-corrected chi connectivity index (χ1v) is 6.24. The molecule has 0 aromatic rings. The number of hydrogen-bond donors (Lipinski definition) is 4. The van der Waals surface area contributed by atoms with Crippen molar-refractivity contribution in [3.05, 3.63) is 0 Å². The van der Waals surface area contributed by atoms with E-state index in [-0.39, 0.29) is 0 Å². The Labute approximate surface area is 97.8 Å². The molecule has 7 heteroatoms. The van der Waals surface area contributed by atoms with E-state index in [0.29, 0.717) is 13.3 Å². The van der Waals surface area contributed by atoms with Crippen LogP contribution in [0.2, 0.25) is 0 Å². The maximum atomic E-state index is 4.75. The monoisotopic (exact) mass is 275 g/mol. The van der Waals surface area contributed by atoms with Gasteiger partial charge in [0, 0.05) is 0 Å². The summed E-state index contributed by atoms with van der Waals surface area (Å²) in [6, 6.07) is 0. The van der Waals surface area contributed by atoms with Crippen LogP contribution in [0.3, 0.4) is 0 Å². The van der Waals surface area contributed by atoms with E-state index < -0.39 is 0 Å². The van der Waals surface area contributed by atoms with Crippen LogP contribution in [0.1, 0.15) is 0 Å². The molecule has 0 aromatic heterocycles. The first-order valence-electron chi connectivity index (χ1n) is 2.81. The molecule has 2 nitrogen and oxygen atoms in total. The van der Waals surface area contributed by atoms with Crippen LogP contribution in [0.5, 0.6) is 0 Å². The summed E-state index contributed by atoms with van der Waals surface area (Å²) in [5.41, 5.74) is 0. The van der Waals surface area contributed by atoms with Crippen LogP contribution >= 0.6 is 49.7 Å². The molecule has 0 rings (SSSR count). The van der Waals surface area contributed by atoms with Crippen molar-refractivity contribution in [2.24, 2.45) is 0 Å². The molecule has 11 heavy (non-hydrogen) atoms. The van der Waals surface area contributed by atoms with Gasteiger partial charge >= 0.3 is 98.5 Å². The van der Waals surface area contributed by atoms with E-state index in [1.54, 1.807) is 0 Å². The van der Waals surface area contributed by atoms with E-state index in [4.69, 9.17) is 24.4 Å². The molecule has 1 atom stereocenters. The molecule has 0 fully saturated rings. The van der Waals surface area contributed by atoms with E-state index in [2.05, 4.69) is 35.9 Å². The fourth-order valence-electron chi connectivity index (χ4n) is 0.436. The van der Waals surface area contributed by atoms with Crippen LogP contribution in [-0.4, -0.2) is 19.8 Å². The normalized spacial score (nSPS) is 12.0. The summed E-state index contributed by atoms with van der Waals surface area (Å²) in [6.45, 7) is 0.753. The summed E-state index contributed by atoms with van der Waals surface area (Å²) in [5.74, 6) is 0. The Kier molecular flexibility index (Phi) is 7.26. The predicted molar refractivity (Wildman–Crippen MR) is 58.1 cm³/mol. The van der Waals surface area contributed by atoms with Crippen molar-refractivity contribution < 1.29 is 18.3 Å². The third-order valence-electron chi connectivity index (χ3n) is 0.827. The van der Waals surface area contributed by atoms with Gasteiger partial charge in [-0.1, -0.05) is 0 Å². The quantitative estimate of drug-likeness (QED) is 0.342. The first-order chi connectivity index (χ1) is 5.02. The zero-order valence-electron chi connectivity index (χ0n) is 5.70. The van der Waals surface area contributed by atoms with Crippen molar-refractivity contribution in [2.45, 2.75) is 4.64 Å². The molecule has 2 N–H and O–H groups in total. The Hall–Kier alpha value is 1.10. The number of thiol groups is 2. The van der Waals surface area contributed by atoms with Crippen molar-refractivity contribution in [2.75, 3.05) is 6.54 Å². The first kappa shape index (κ1) is 12.1. The second kappa shape index (κ2) is 6.60. The van der Waals surface area contributed by atoms with Crippen LogP contribution in [0.15, 0.2) is 0 Å². The minimum absolute atomic E-state index is 0.338. The number of rotatable bonds is 3. The Balaban J connectivity index is 3.44. The summed E-state index contributed by atoms with van der Waals surface area (Å²) in [5, 5.41) is 5.91. The van der Waals surface area contributed by atoms with Crippen LogP contribution < -0.4 is 10.6 Å².